The fourth-order valence-electron chi connectivity index (χ4n) is 3.93. The first-order chi connectivity index (χ1) is 13.3. The fraction of sp³-hybridized carbons (Fsp3) is 0.526. The van der Waals surface area contributed by atoms with Gasteiger partial charge in [-0.05, 0) is 18.8 Å². The number of halogens is 1. The molecule has 8 nitrogen and oxygen atoms in total. The summed E-state index contributed by atoms with van der Waals surface area (Å²) in [6, 6.07) is 2.51. The Hall–Kier alpha value is -2.48. The maximum Gasteiger partial charge on any atom is 0.325 e. The van der Waals surface area contributed by atoms with Crippen molar-refractivity contribution < 1.29 is 23.9 Å². The summed E-state index contributed by atoms with van der Waals surface area (Å²) in [4.78, 5) is 38.9. The van der Waals surface area contributed by atoms with Crippen LogP contribution in [0.15, 0.2) is 12.1 Å². The average Bonchev–Trinajstić information content (AvgIpc) is 2.90. The molecule has 2 atom stereocenters. The SMILES string of the molecule is COc1cc(NC(=O)CN2C(=O)N[C@@]3(CCCC[C@@H]3C)C2=O)c(OC)cc1Cl. The molecule has 1 aromatic carbocycles. The van der Waals surface area contributed by atoms with Crippen molar-refractivity contribution in [3.63, 3.8) is 0 Å². The quantitative estimate of drug-likeness (QED) is 0.729. The lowest BCUT2D eigenvalue weighted by atomic mass is 9.73. The van der Waals surface area contributed by atoms with Crippen LogP contribution in [0, 0.1) is 5.92 Å². The monoisotopic (exact) mass is 409 g/mol. The number of hydrogen-bond acceptors (Lipinski definition) is 5. The molecule has 1 heterocycles. The number of methoxy groups -OCH3 is 2. The predicted octanol–water partition coefficient (Wildman–Crippen LogP) is 2.80. The summed E-state index contributed by atoms with van der Waals surface area (Å²) < 4.78 is 10.4. The Morgan fingerprint density at radius 1 is 1.29 bits per heavy atom. The molecule has 1 aromatic rings. The van der Waals surface area contributed by atoms with Crippen molar-refractivity contribution >= 4 is 35.1 Å². The minimum atomic E-state index is -0.892. The smallest absolute Gasteiger partial charge is 0.325 e. The first-order valence-corrected chi connectivity index (χ1v) is 9.55. The number of imide groups is 1. The number of carbonyl (C=O) groups is 3. The predicted molar refractivity (Wildman–Crippen MR) is 104 cm³/mol. The number of ether oxygens (including phenoxy) is 2. The van der Waals surface area contributed by atoms with E-state index in [4.69, 9.17) is 21.1 Å². The number of nitrogens with zero attached hydrogens (tertiary/aromatic N) is 1. The second-order valence-electron chi connectivity index (χ2n) is 7.17. The first kappa shape index (κ1) is 20.3. The average molecular weight is 410 g/mol. The maximum atomic E-state index is 13.0. The van der Waals surface area contributed by atoms with E-state index in [9.17, 15) is 14.4 Å². The van der Waals surface area contributed by atoms with E-state index in [0.717, 1.165) is 24.2 Å². The summed E-state index contributed by atoms with van der Waals surface area (Å²) >= 11 is 6.07. The molecular formula is C19H24ClN3O5. The Morgan fingerprint density at radius 3 is 2.64 bits per heavy atom. The molecule has 0 unspecified atom stereocenters. The molecule has 2 aliphatic rings. The third kappa shape index (κ3) is 3.48. The molecule has 1 saturated heterocycles. The minimum absolute atomic E-state index is 0.0337. The van der Waals surface area contributed by atoms with Crippen LogP contribution in [-0.2, 0) is 9.59 Å². The summed E-state index contributed by atoms with van der Waals surface area (Å²) in [6.45, 7) is 1.58. The zero-order valence-corrected chi connectivity index (χ0v) is 16.9. The Labute approximate surface area is 168 Å². The Bertz CT molecular complexity index is 815. The molecule has 1 aliphatic carbocycles. The van der Waals surface area contributed by atoms with Crippen LogP contribution in [0.4, 0.5) is 10.5 Å². The van der Waals surface area contributed by atoms with E-state index in [1.807, 2.05) is 6.92 Å². The summed E-state index contributed by atoms with van der Waals surface area (Å²) in [7, 11) is 2.90. The van der Waals surface area contributed by atoms with Gasteiger partial charge in [-0.3, -0.25) is 14.5 Å². The van der Waals surface area contributed by atoms with Crippen molar-refractivity contribution in [2.24, 2.45) is 5.92 Å². The molecule has 28 heavy (non-hydrogen) atoms. The molecule has 1 aliphatic heterocycles. The van der Waals surface area contributed by atoms with Gasteiger partial charge >= 0.3 is 6.03 Å². The number of rotatable bonds is 5. The zero-order chi connectivity index (χ0) is 20.5. The lowest BCUT2D eigenvalue weighted by Gasteiger charge is -2.36. The van der Waals surface area contributed by atoms with Gasteiger partial charge in [0.2, 0.25) is 5.91 Å². The third-order valence-electron chi connectivity index (χ3n) is 5.55. The molecule has 9 heteroatoms. The molecule has 152 valence electrons. The Morgan fingerprint density at radius 2 is 2.00 bits per heavy atom. The third-order valence-corrected chi connectivity index (χ3v) is 5.85. The van der Waals surface area contributed by atoms with Crippen LogP contribution in [0.3, 0.4) is 0 Å². The fourth-order valence-corrected chi connectivity index (χ4v) is 4.16. The lowest BCUT2D eigenvalue weighted by Crippen LogP contribution is -2.54. The number of benzene rings is 1. The van der Waals surface area contributed by atoms with Gasteiger partial charge in [0.15, 0.2) is 0 Å². The number of carbonyl (C=O) groups excluding carboxylic acids is 3. The van der Waals surface area contributed by atoms with Crippen LogP contribution in [0.5, 0.6) is 11.5 Å². The van der Waals surface area contributed by atoms with E-state index < -0.39 is 17.5 Å². The van der Waals surface area contributed by atoms with Gasteiger partial charge in [0.1, 0.15) is 23.6 Å². The molecule has 0 bridgehead atoms. The molecule has 3 rings (SSSR count). The maximum absolute atomic E-state index is 13.0. The summed E-state index contributed by atoms with van der Waals surface area (Å²) in [5.41, 5.74) is -0.557. The van der Waals surface area contributed by atoms with E-state index >= 15 is 0 Å². The first-order valence-electron chi connectivity index (χ1n) is 9.18. The van der Waals surface area contributed by atoms with Gasteiger partial charge in [-0.1, -0.05) is 31.4 Å². The highest BCUT2D eigenvalue weighted by molar-refractivity contribution is 6.32. The van der Waals surface area contributed by atoms with Crippen molar-refractivity contribution in [2.45, 2.75) is 38.1 Å². The van der Waals surface area contributed by atoms with Crippen molar-refractivity contribution in [3.05, 3.63) is 17.2 Å². The van der Waals surface area contributed by atoms with Crippen LogP contribution < -0.4 is 20.1 Å². The van der Waals surface area contributed by atoms with Crippen LogP contribution in [0.25, 0.3) is 0 Å². The van der Waals surface area contributed by atoms with Crippen LogP contribution >= 0.6 is 11.6 Å². The molecule has 1 saturated carbocycles. The van der Waals surface area contributed by atoms with E-state index in [1.165, 1.54) is 26.4 Å². The highest BCUT2D eigenvalue weighted by atomic mass is 35.5. The van der Waals surface area contributed by atoms with Gasteiger partial charge in [0.05, 0.1) is 24.9 Å². The van der Waals surface area contributed by atoms with Gasteiger partial charge in [-0.15, -0.1) is 0 Å². The summed E-state index contributed by atoms with van der Waals surface area (Å²) in [5.74, 6) is -0.116. The van der Waals surface area contributed by atoms with E-state index in [0.29, 0.717) is 28.6 Å². The standard InChI is InChI=1S/C19H24ClN3O5/c1-11-6-4-5-7-19(11)17(25)23(18(26)22-19)10-16(24)21-13-9-14(27-2)12(20)8-15(13)28-3/h8-9,11H,4-7,10H2,1-3H3,(H,21,24)(H,22,26)/t11-,19+/m0/s1. The van der Waals surface area contributed by atoms with E-state index in [2.05, 4.69) is 10.6 Å². The van der Waals surface area contributed by atoms with Crippen molar-refractivity contribution in [3.8, 4) is 11.5 Å². The van der Waals surface area contributed by atoms with Crippen molar-refractivity contribution in [1.82, 2.24) is 10.2 Å². The number of urea groups is 1. The molecule has 0 aromatic heterocycles. The Balaban J connectivity index is 1.75. The molecule has 2 fully saturated rings. The second kappa shape index (κ2) is 7.87. The normalized spacial score (nSPS) is 24.3. The molecule has 4 amide bonds. The summed E-state index contributed by atoms with van der Waals surface area (Å²) in [6.07, 6.45) is 3.37. The van der Waals surface area contributed by atoms with Crippen molar-refractivity contribution in [2.75, 3.05) is 26.1 Å². The van der Waals surface area contributed by atoms with Crippen molar-refractivity contribution in [1.29, 1.82) is 0 Å². The van der Waals surface area contributed by atoms with Gasteiger partial charge in [-0.25, -0.2) is 4.79 Å². The topological polar surface area (TPSA) is 97.0 Å². The minimum Gasteiger partial charge on any atom is -0.495 e. The van der Waals surface area contributed by atoms with Gasteiger partial charge in [0.25, 0.3) is 5.91 Å². The number of amides is 4. The highest BCUT2D eigenvalue weighted by Gasteiger charge is 2.55. The second-order valence-corrected chi connectivity index (χ2v) is 7.58. The molecule has 1 spiro atoms. The number of hydrogen-bond donors (Lipinski definition) is 2. The summed E-state index contributed by atoms with van der Waals surface area (Å²) in [5, 5.41) is 5.82. The Kier molecular flexibility index (Phi) is 5.69. The number of nitrogens with one attached hydrogen (secondary N) is 2. The van der Waals surface area contributed by atoms with Crippen LogP contribution in [0.1, 0.15) is 32.6 Å². The van der Waals surface area contributed by atoms with Crippen LogP contribution in [-0.4, -0.2) is 49.0 Å². The van der Waals surface area contributed by atoms with E-state index in [-0.39, 0.29) is 18.4 Å². The lowest BCUT2D eigenvalue weighted by molar-refractivity contribution is -0.136. The molecular weight excluding hydrogens is 386 g/mol. The van der Waals surface area contributed by atoms with Gasteiger partial charge < -0.3 is 20.1 Å². The van der Waals surface area contributed by atoms with Gasteiger partial charge in [-0.2, -0.15) is 0 Å². The van der Waals surface area contributed by atoms with Crippen LogP contribution in [0.2, 0.25) is 5.02 Å². The number of anilines is 1. The zero-order valence-electron chi connectivity index (χ0n) is 16.1. The largest absolute Gasteiger partial charge is 0.495 e. The van der Waals surface area contributed by atoms with Gasteiger partial charge in [0, 0.05) is 12.1 Å². The highest BCUT2D eigenvalue weighted by Crippen LogP contribution is 2.38. The molecule has 2 N–H and O–H groups in total. The van der Waals surface area contributed by atoms with E-state index in [1.54, 1.807) is 0 Å². The molecule has 0 radical (unpaired) electrons.